The van der Waals surface area contributed by atoms with E-state index in [2.05, 4.69) is 5.10 Å². The first-order valence-corrected chi connectivity index (χ1v) is 9.46. The van der Waals surface area contributed by atoms with E-state index >= 15 is 0 Å². The zero-order valence-corrected chi connectivity index (χ0v) is 14.7. The van der Waals surface area contributed by atoms with Crippen LogP contribution in [0.1, 0.15) is 48.3 Å². The van der Waals surface area contributed by atoms with Crippen LogP contribution in [0, 0.1) is 0 Å². The van der Waals surface area contributed by atoms with E-state index in [-0.39, 0.29) is 16.7 Å². The lowest BCUT2D eigenvalue weighted by molar-refractivity contribution is 0.101. The van der Waals surface area contributed by atoms with Gasteiger partial charge in [0.2, 0.25) is 10.0 Å². The summed E-state index contributed by atoms with van der Waals surface area (Å²) in [6, 6.07) is 7.91. The van der Waals surface area contributed by atoms with Crippen LogP contribution >= 0.6 is 0 Å². The highest BCUT2D eigenvalue weighted by Gasteiger charge is 2.35. The number of hydrogen-bond donors (Lipinski definition) is 0. The van der Waals surface area contributed by atoms with Crippen molar-refractivity contribution in [3.8, 4) is 0 Å². The summed E-state index contributed by atoms with van der Waals surface area (Å²) in [4.78, 5) is 11.7. The number of aromatic nitrogens is 2. The molecular weight excluding hydrogens is 326 g/mol. The fraction of sp³-hybridized carbons (Fsp3) is 0.412. The highest BCUT2D eigenvalue weighted by Crippen LogP contribution is 2.35. The third-order valence-corrected chi connectivity index (χ3v) is 6.41. The number of benzene rings is 1. The molecule has 2 aromatic rings. The zero-order valence-electron chi connectivity index (χ0n) is 13.8. The van der Waals surface area contributed by atoms with Crippen LogP contribution in [0.15, 0.2) is 41.4 Å². The van der Waals surface area contributed by atoms with Gasteiger partial charge in [0.05, 0.1) is 16.6 Å². The minimum absolute atomic E-state index is 0.145. The molecule has 0 N–H and O–H groups in total. The Balaban J connectivity index is 2.02. The van der Waals surface area contributed by atoms with E-state index in [9.17, 15) is 13.2 Å². The monoisotopic (exact) mass is 347 g/mol. The summed E-state index contributed by atoms with van der Waals surface area (Å²) in [5.74, 6) is -0.145. The average molecular weight is 347 g/mol. The third kappa shape index (κ3) is 3.01. The van der Waals surface area contributed by atoms with E-state index in [0.717, 1.165) is 25.0 Å². The van der Waals surface area contributed by atoms with Crippen LogP contribution in [0.2, 0.25) is 0 Å². The predicted molar refractivity (Wildman–Crippen MR) is 90.1 cm³/mol. The SMILES string of the molecule is CC(=O)c1cccc(S(=O)(=O)N2CCCC[C@@H]2c2ccnn2C)c1. The Morgan fingerprint density at radius 3 is 2.71 bits per heavy atom. The fourth-order valence-corrected chi connectivity index (χ4v) is 4.93. The molecule has 7 heteroatoms. The van der Waals surface area contributed by atoms with Crippen LogP contribution in [0.5, 0.6) is 0 Å². The number of nitrogens with zero attached hydrogens (tertiary/aromatic N) is 3. The maximum Gasteiger partial charge on any atom is 0.243 e. The maximum absolute atomic E-state index is 13.2. The van der Waals surface area contributed by atoms with Crippen molar-refractivity contribution in [3.63, 3.8) is 0 Å². The normalized spacial score (nSPS) is 19.3. The predicted octanol–water partition coefficient (Wildman–Crippen LogP) is 2.54. The molecule has 1 atom stereocenters. The Morgan fingerprint density at radius 1 is 1.25 bits per heavy atom. The van der Waals surface area contributed by atoms with Crippen LogP contribution < -0.4 is 0 Å². The molecule has 0 amide bonds. The zero-order chi connectivity index (χ0) is 17.3. The van der Waals surface area contributed by atoms with Crippen molar-refractivity contribution in [2.45, 2.75) is 37.1 Å². The molecule has 1 aromatic carbocycles. The second kappa shape index (κ2) is 6.49. The first kappa shape index (κ1) is 16.9. The van der Waals surface area contributed by atoms with Gasteiger partial charge in [0.15, 0.2) is 5.78 Å². The smallest absolute Gasteiger partial charge is 0.243 e. The molecule has 1 aromatic heterocycles. The molecule has 1 fully saturated rings. The number of Topliss-reactive ketones (excluding diaryl/α,β-unsaturated/α-hetero) is 1. The molecule has 128 valence electrons. The van der Waals surface area contributed by atoms with Gasteiger partial charge < -0.3 is 0 Å². The Bertz CT molecular complexity index is 857. The van der Waals surface area contributed by atoms with E-state index in [4.69, 9.17) is 0 Å². The molecule has 0 bridgehead atoms. The number of piperidine rings is 1. The molecule has 0 aliphatic carbocycles. The first-order chi connectivity index (χ1) is 11.4. The summed E-state index contributed by atoms with van der Waals surface area (Å²) >= 11 is 0. The molecule has 6 nitrogen and oxygen atoms in total. The summed E-state index contributed by atoms with van der Waals surface area (Å²) in [6.45, 7) is 1.91. The number of ketones is 1. The molecule has 3 rings (SSSR count). The Morgan fingerprint density at radius 2 is 2.04 bits per heavy atom. The van der Waals surface area contributed by atoms with E-state index < -0.39 is 10.0 Å². The van der Waals surface area contributed by atoms with Crippen LogP contribution in [-0.2, 0) is 17.1 Å². The Labute approximate surface area is 142 Å². The summed E-state index contributed by atoms with van der Waals surface area (Å²) < 4.78 is 29.6. The van der Waals surface area contributed by atoms with Crippen molar-refractivity contribution in [2.75, 3.05) is 6.54 Å². The summed E-state index contributed by atoms with van der Waals surface area (Å²) in [7, 11) is -1.85. The highest BCUT2D eigenvalue weighted by atomic mass is 32.2. The standard InChI is InChI=1S/C17H21N3O3S/c1-13(21)14-6-5-7-15(12-14)24(22,23)20-11-4-3-8-17(20)16-9-10-18-19(16)2/h5-7,9-10,12,17H,3-4,8,11H2,1-2H3/t17-/m1/s1. The lowest BCUT2D eigenvalue weighted by Gasteiger charge is -2.34. The van der Waals surface area contributed by atoms with E-state index in [1.54, 1.807) is 33.4 Å². The van der Waals surface area contributed by atoms with Gasteiger partial charge in [-0.15, -0.1) is 0 Å². The third-order valence-electron chi connectivity index (χ3n) is 4.50. The summed E-state index contributed by atoms with van der Waals surface area (Å²) in [5, 5.41) is 4.17. The molecule has 2 heterocycles. The van der Waals surface area contributed by atoms with Gasteiger partial charge in [0.25, 0.3) is 0 Å². The lowest BCUT2D eigenvalue weighted by Crippen LogP contribution is -2.39. The van der Waals surface area contributed by atoms with Crippen molar-refractivity contribution in [2.24, 2.45) is 7.05 Å². The van der Waals surface area contributed by atoms with Gasteiger partial charge in [-0.2, -0.15) is 9.40 Å². The van der Waals surface area contributed by atoms with Gasteiger partial charge >= 0.3 is 0 Å². The van der Waals surface area contributed by atoms with E-state index in [0.29, 0.717) is 12.1 Å². The van der Waals surface area contributed by atoms with Crippen molar-refractivity contribution in [3.05, 3.63) is 47.8 Å². The minimum Gasteiger partial charge on any atom is -0.295 e. The largest absolute Gasteiger partial charge is 0.295 e. The number of hydrogen-bond acceptors (Lipinski definition) is 4. The number of rotatable bonds is 4. The lowest BCUT2D eigenvalue weighted by atomic mass is 10.0. The minimum atomic E-state index is -3.67. The van der Waals surface area contributed by atoms with Crippen molar-refractivity contribution in [1.82, 2.24) is 14.1 Å². The van der Waals surface area contributed by atoms with Crippen molar-refractivity contribution >= 4 is 15.8 Å². The number of aryl methyl sites for hydroxylation is 1. The molecule has 0 unspecified atom stereocenters. The molecule has 0 spiro atoms. The topological polar surface area (TPSA) is 72.3 Å². The quantitative estimate of drug-likeness (QED) is 0.797. The van der Waals surface area contributed by atoms with E-state index in [1.807, 2.05) is 13.1 Å². The van der Waals surface area contributed by atoms with Gasteiger partial charge in [-0.1, -0.05) is 18.6 Å². The molecule has 1 saturated heterocycles. The van der Waals surface area contributed by atoms with Crippen molar-refractivity contribution in [1.29, 1.82) is 0 Å². The average Bonchev–Trinajstić information content (AvgIpc) is 3.01. The summed E-state index contributed by atoms with van der Waals surface area (Å²) in [5.41, 5.74) is 1.30. The van der Waals surface area contributed by atoms with Gasteiger partial charge in [-0.3, -0.25) is 9.48 Å². The second-order valence-corrected chi connectivity index (χ2v) is 7.98. The number of carbonyl (C=O) groups excluding carboxylic acids is 1. The van der Waals surface area contributed by atoms with Crippen LogP contribution in [0.4, 0.5) is 0 Å². The second-order valence-electron chi connectivity index (χ2n) is 6.09. The maximum atomic E-state index is 13.2. The van der Waals surface area contributed by atoms with Gasteiger partial charge in [-0.25, -0.2) is 8.42 Å². The molecule has 24 heavy (non-hydrogen) atoms. The molecule has 0 saturated carbocycles. The van der Waals surface area contributed by atoms with Crippen LogP contribution in [0.25, 0.3) is 0 Å². The Hall–Kier alpha value is -1.99. The van der Waals surface area contributed by atoms with Crippen LogP contribution in [-0.4, -0.2) is 34.8 Å². The van der Waals surface area contributed by atoms with E-state index in [1.165, 1.54) is 13.0 Å². The fourth-order valence-electron chi connectivity index (χ4n) is 3.21. The van der Waals surface area contributed by atoms with Gasteiger partial charge in [0, 0.05) is 25.4 Å². The number of carbonyl (C=O) groups is 1. The van der Waals surface area contributed by atoms with Crippen molar-refractivity contribution < 1.29 is 13.2 Å². The van der Waals surface area contributed by atoms with Gasteiger partial charge in [0.1, 0.15) is 0 Å². The Kier molecular flexibility index (Phi) is 4.56. The highest BCUT2D eigenvalue weighted by molar-refractivity contribution is 7.89. The molecule has 1 aliphatic rings. The van der Waals surface area contributed by atoms with Crippen LogP contribution in [0.3, 0.4) is 0 Å². The van der Waals surface area contributed by atoms with Gasteiger partial charge in [-0.05, 0) is 38.0 Å². The number of sulfonamides is 1. The summed E-state index contributed by atoms with van der Waals surface area (Å²) in [6.07, 6.45) is 4.27. The molecule has 1 aliphatic heterocycles. The first-order valence-electron chi connectivity index (χ1n) is 8.02. The molecule has 0 radical (unpaired) electrons. The molecular formula is C17H21N3O3S.